The van der Waals surface area contributed by atoms with Crippen LogP contribution in [0.3, 0.4) is 0 Å². The van der Waals surface area contributed by atoms with Crippen molar-refractivity contribution in [1.82, 2.24) is 20.0 Å². The summed E-state index contributed by atoms with van der Waals surface area (Å²) >= 11 is 0. The Morgan fingerprint density at radius 2 is 1.76 bits per heavy atom. The molecule has 2 aromatic carbocycles. The van der Waals surface area contributed by atoms with Crippen molar-refractivity contribution in [3.63, 3.8) is 0 Å². The number of amides is 3. The van der Waals surface area contributed by atoms with E-state index in [0.29, 0.717) is 55.1 Å². The number of carbonyl (C=O) groups excluding carboxylic acids is 3. The Morgan fingerprint density at radius 1 is 1.05 bits per heavy atom. The van der Waals surface area contributed by atoms with Crippen molar-refractivity contribution < 1.29 is 23.5 Å². The first-order valence-electron chi connectivity index (χ1n) is 12.7. The maximum absolute atomic E-state index is 13.6. The lowest BCUT2D eigenvalue weighted by Gasteiger charge is -2.43. The van der Waals surface area contributed by atoms with E-state index in [1.54, 1.807) is 24.0 Å². The highest BCUT2D eigenvalue weighted by Gasteiger charge is 2.39. The Bertz CT molecular complexity index is 1170. The number of benzene rings is 2. The van der Waals surface area contributed by atoms with Gasteiger partial charge in [-0.15, -0.1) is 0 Å². The Hall–Kier alpha value is -3.72. The van der Waals surface area contributed by atoms with E-state index in [0.717, 1.165) is 0 Å². The number of ether oxygens (including phenoxy) is 1. The molecule has 0 spiro atoms. The number of halogens is 1. The summed E-state index contributed by atoms with van der Waals surface area (Å²) in [6, 6.07) is 13.8. The molecular formula is C28H33FN4O4. The smallest absolute Gasteiger partial charge is 0.338 e. The minimum Gasteiger partial charge on any atom is -0.463 e. The summed E-state index contributed by atoms with van der Waals surface area (Å²) < 4.78 is 19.0. The molecule has 3 amide bonds. The summed E-state index contributed by atoms with van der Waals surface area (Å²) in [4.78, 5) is 44.9. The molecule has 9 heteroatoms. The summed E-state index contributed by atoms with van der Waals surface area (Å²) in [7, 11) is 0. The van der Waals surface area contributed by atoms with Crippen molar-refractivity contribution in [2.45, 2.75) is 32.9 Å². The number of esters is 1. The van der Waals surface area contributed by atoms with E-state index in [4.69, 9.17) is 4.74 Å². The standard InChI is InChI=1S/C28H33FN4O4/c1-4-32-23(18-31-15-16-33(19(3)17-31)26(34)21-9-7-6-8-10-21)24(27(35)37-5-2)25(30-28(32)36)20-11-13-22(29)14-12-20/h6-14,19,25H,4-5,15-18H2,1-3H3,(H,30,36)/t19-,25-/m1/s1. The largest absolute Gasteiger partial charge is 0.463 e. The number of likely N-dealkylation sites (N-methyl/N-ethyl adjacent to an activating group) is 1. The van der Waals surface area contributed by atoms with Crippen LogP contribution in [0.4, 0.5) is 9.18 Å². The fourth-order valence-corrected chi connectivity index (χ4v) is 5.00. The molecule has 2 heterocycles. The monoisotopic (exact) mass is 508 g/mol. The molecule has 0 unspecified atom stereocenters. The predicted molar refractivity (Wildman–Crippen MR) is 137 cm³/mol. The van der Waals surface area contributed by atoms with Crippen molar-refractivity contribution in [2.24, 2.45) is 0 Å². The fraction of sp³-hybridized carbons (Fsp3) is 0.393. The third-order valence-corrected chi connectivity index (χ3v) is 6.82. The Balaban J connectivity index is 1.63. The highest BCUT2D eigenvalue weighted by atomic mass is 19.1. The first-order valence-corrected chi connectivity index (χ1v) is 12.7. The van der Waals surface area contributed by atoms with Gasteiger partial charge in [0, 0.05) is 50.0 Å². The number of nitrogens with zero attached hydrogens (tertiary/aromatic N) is 3. The van der Waals surface area contributed by atoms with Crippen LogP contribution in [0.15, 0.2) is 65.9 Å². The maximum Gasteiger partial charge on any atom is 0.338 e. The first kappa shape index (κ1) is 26.3. The molecule has 2 aliphatic heterocycles. The zero-order chi connectivity index (χ0) is 26.5. The number of nitrogens with one attached hydrogen (secondary N) is 1. The lowest BCUT2D eigenvalue weighted by molar-refractivity contribution is -0.139. The van der Waals surface area contributed by atoms with Gasteiger partial charge in [-0.2, -0.15) is 0 Å². The van der Waals surface area contributed by atoms with Gasteiger partial charge in [-0.1, -0.05) is 30.3 Å². The number of urea groups is 1. The van der Waals surface area contributed by atoms with Gasteiger partial charge in [0.1, 0.15) is 5.82 Å². The molecule has 1 N–H and O–H groups in total. The molecule has 2 aliphatic rings. The molecular weight excluding hydrogens is 475 g/mol. The SMILES string of the molecule is CCOC(=O)C1=C(CN2CCN(C(=O)c3ccccc3)[C@H](C)C2)N(CC)C(=O)N[C@@H]1c1ccc(F)cc1. The molecule has 196 valence electrons. The number of piperazine rings is 1. The Morgan fingerprint density at radius 3 is 2.38 bits per heavy atom. The lowest BCUT2D eigenvalue weighted by Crippen LogP contribution is -2.56. The minimum absolute atomic E-state index is 0.0113. The second-order valence-electron chi connectivity index (χ2n) is 9.21. The molecule has 8 nitrogen and oxygen atoms in total. The number of rotatable bonds is 7. The van der Waals surface area contributed by atoms with Gasteiger partial charge < -0.3 is 15.0 Å². The quantitative estimate of drug-likeness (QED) is 0.579. The van der Waals surface area contributed by atoms with Crippen LogP contribution in [0.5, 0.6) is 0 Å². The van der Waals surface area contributed by atoms with Crippen LogP contribution in [0.2, 0.25) is 0 Å². The summed E-state index contributed by atoms with van der Waals surface area (Å²) in [6.07, 6.45) is 0. The van der Waals surface area contributed by atoms with E-state index in [1.165, 1.54) is 12.1 Å². The van der Waals surface area contributed by atoms with E-state index in [2.05, 4.69) is 10.2 Å². The van der Waals surface area contributed by atoms with E-state index >= 15 is 0 Å². The second kappa shape index (κ2) is 11.6. The molecule has 4 rings (SSSR count). The highest BCUT2D eigenvalue weighted by Crippen LogP contribution is 2.32. The van der Waals surface area contributed by atoms with Gasteiger partial charge in [-0.05, 0) is 50.6 Å². The van der Waals surface area contributed by atoms with Crippen LogP contribution in [0, 0.1) is 5.82 Å². The van der Waals surface area contributed by atoms with Gasteiger partial charge in [-0.3, -0.25) is 14.6 Å². The van der Waals surface area contributed by atoms with Crippen LogP contribution in [-0.2, 0) is 9.53 Å². The fourth-order valence-electron chi connectivity index (χ4n) is 5.00. The molecule has 0 aliphatic carbocycles. The van der Waals surface area contributed by atoms with Crippen LogP contribution in [0.1, 0.15) is 42.7 Å². The van der Waals surface area contributed by atoms with Gasteiger partial charge in [0.25, 0.3) is 5.91 Å². The zero-order valence-electron chi connectivity index (χ0n) is 21.4. The minimum atomic E-state index is -0.761. The van der Waals surface area contributed by atoms with Crippen LogP contribution >= 0.6 is 0 Å². The second-order valence-corrected chi connectivity index (χ2v) is 9.21. The van der Waals surface area contributed by atoms with Crippen molar-refractivity contribution in [1.29, 1.82) is 0 Å². The molecule has 0 saturated carbocycles. The van der Waals surface area contributed by atoms with E-state index < -0.39 is 17.8 Å². The van der Waals surface area contributed by atoms with Crippen LogP contribution < -0.4 is 5.32 Å². The highest BCUT2D eigenvalue weighted by molar-refractivity contribution is 5.95. The van der Waals surface area contributed by atoms with Gasteiger partial charge >= 0.3 is 12.0 Å². The predicted octanol–water partition coefficient (Wildman–Crippen LogP) is 3.58. The average molecular weight is 509 g/mol. The molecule has 1 fully saturated rings. The number of carbonyl (C=O) groups is 3. The summed E-state index contributed by atoms with van der Waals surface area (Å²) in [5.74, 6) is -0.932. The van der Waals surface area contributed by atoms with Crippen LogP contribution in [-0.4, -0.2) is 78.0 Å². The topological polar surface area (TPSA) is 82.2 Å². The maximum atomic E-state index is 13.6. The van der Waals surface area contributed by atoms with E-state index in [9.17, 15) is 18.8 Å². The van der Waals surface area contributed by atoms with Crippen molar-refractivity contribution in [3.05, 3.63) is 82.8 Å². The van der Waals surface area contributed by atoms with E-state index in [1.807, 2.05) is 49.1 Å². The molecule has 1 saturated heterocycles. The molecule has 2 atom stereocenters. The third kappa shape index (κ3) is 5.67. The normalized spacial score (nSPS) is 20.6. The zero-order valence-corrected chi connectivity index (χ0v) is 21.4. The molecule has 0 bridgehead atoms. The summed E-state index contributed by atoms with van der Waals surface area (Å²) in [6.45, 7) is 8.16. The summed E-state index contributed by atoms with van der Waals surface area (Å²) in [5, 5.41) is 2.89. The lowest BCUT2D eigenvalue weighted by atomic mass is 9.94. The van der Waals surface area contributed by atoms with Gasteiger partial charge in [0.15, 0.2) is 0 Å². The summed E-state index contributed by atoms with van der Waals surface area (Å²) in [5.41, 5.74) is 2.15. The molecule has 0 aromatic heterocycles. The van der Waals surface area contributed by atoms with Gasteiger partial charge in [0.05, 0.1) is 18.2 Å². The van der Waals surface area contributed by atoms with E-state index in [-0.39, 0.29) is 24.6 Å². The molecule has 37 heavy (non-hydrogen) atoms. The Kier molecular flexibility index (Phi) is 8.23. The average Bonchev–Trinajstić information content (AvgIpc) is 2.89. The number of hydrogen-bond donors (Lipinski definition) is 1. The number of hydrogen-bond acceptors (Lipinski definition) is 5. The van der Waals surface area contributed by atoms with Gasteiger partial charge in [0.2, 0.25) is 0 Å². The molecule has 0 radical (unpaired) electrons. The first-order chi connectivity index (χ1) is 17.8. The Labute approximate surface area is 216 Å². The van der Waals surface area contributed by atoms with Crippen molar-refractivity contribution in [3.8, 4) is 0 Å². The van der Waals surface area contributed by atoms with Crippen molar-refractivity contribution in [2.75, 3.05) is 39.3 Å². The van der Waals surface area contributed by atoms with Crippen molar-refractivity contribution >= 4 is 17.9 Å². The van der Waals surface area contributed by atoms with Crippen LogP contribution in [0.25, 0.3) is 0 Å². The van der Waals surface area contributed by atoms with Gasteiger partial charge in [-0.25, -0.2) is 14.0 Å². The molecule has 2 aromatic rings. The third-order valence-electron chi connectivity index (χ3n) is 6.82.